The van der Waals surface area contributed by atoms with Gasteiger partial charge in [-0.2, -0.15) is 13.5 Å². The fourth-order valence-electron chi connectivity index (χ4n) is 3.09. The summed E-state index contributed by atoms with van der Waals surface area (Å²) in [5.74, 6) is 0. The van der Waals surface area contributed by atoms with Crippen LogP contribution in [-0.4, -0.2) is 27.8 Å². The molecule has 1 fully saturated rings. The van der Waals surface area contributed by atoms with E-state index in [1.54, 1.807) is 42.5 Å². The van der Waals surface area contributed by atoms with Gasteiger partial charge in [0.15, 0.2) is 9.84 Å². The summed E-state index contributed by atoms with van der Waals surface area (Å²) >= 11 is 0. The number of sulfone groups is 1. The van der Waals surface area contributed by atoms with Crippen molar-refractivity contribution in [1.29, 1.82) is 0 Å². The predicted molar refractivity (Wildman–Crippen MR) is 105 cm³/mol. The maximum atomic E-state index is 13.0. The van der Waals surface area contributed by atoms with Gasteiger partial charge in [0.2, 0.25) is 0 Å². The summed E-state index contributed by atoms with van der Waals surface area (Å²) in [5.41, 5.74) is 1.31. The molecule has 1 atom stereocenters. The zero-order valence-electron chi connectivity index (χ0n) is 15.0. The van der Waals surface area contributed by atoms with Crippen LogP contribution in [-0.2, 0) is 19.9 Å². The Morgan fingerprint density at radius 1 is 0.889 bits per heavy atom. The van der Waals surface area contributed by atoms with Crippen LogP contribution in [0.5, 0.6) is 0 Å². The number of hydrazone groups is 1. The number of sulfonamides is 1. The summed E-state index contributed by atoms with van der Waals surface area (Å²) in [4.78, 5) is 2.53. The topological polar surface area (TPSA) is 92.7 Å². The highest BCUT2D eigenvalue weighted by atomic mass is 32.2. The maximum absolute atomic E-state index is 13.0. The Labute approximate surface area is 160 Å². The molecule has 0 aliphatic heterocycles. The molecule has 1 saturated carbocycles. The molecule has 1 aliphatic carbocycles. The molecule has 0 amide bonds. The van der Waals surface area contributed by atoms with E-state index in [4.69, 9.17) is 0 Å². The van der Waals surface area contributed by atoms with Crippen LogP contribution in [0.4, 0.5) is 0 Å². The Kier molecular flexibility index (Phi) is 5.67. The molecule has 2 aromatic carbocycles. The summed E-state index contributed by atoms with van der Waals surface area (Å²) in [7, 11) is -7.46. The zero-order chi connectivity index (χ0) is 19.5. The van der Waals surface area contributed by atoms with Gasteiger partial charge < -0.3 is 0 Å². The van der Waals surface area contributed by atoms with Gasteiger partial charge in [0.1, 0.15) is 5.25 Å². The molecule has 2 aromatic rings. The van der Waals surface area contributed by atoms with E-state index in [-0.39, 0.29) is 9.79 Å². The third-order valence-electron chi connectivity index (χ3n) is 4.61. The largest absolute Gasteiger partial charge is 0.276 e. The minimum atomic E-state index is -3.84. The first-order chi connectivity index (χ1) is 12.8. The van der Waals surface area contributed by atoms with Crippen molar-refractivity contribution in [3.05, 3.63) is 60.2 Å². The lowest BCUT2D eigenvalue weighted by atomic mass is 9.98. The van der Waals surface area contributed by atoms with Crippen LogP contribution in [0.15, 0.2) is 69.5 Å². The van der Waals surface area contributed by atoms with E-state index in [0.29, 0.717) is 18.6 Å². The van der Waals surface area contributed by atoms with Gasteiger partial charge in [-0.1, -0.05) is 42.3 Å². The van der Waals surface area contributed by atoms with Gasteiger partial charge in [-0.15, -0.1) is 0 Å². The second-order valence-electron chi connectivity index (χ2n) is 6.60. The monoisotopic (exact) mass is 406 g/mol. The molecule has 27 heavy (non-hydrogen) atoms. The van der Waals surface area contributed by atoms with Crippen LogP contribution >= 0.6 is 0 Å². The maximum Gasteiger partial charge on any atom is 0.276 e. The first-order valence-electron chi connectivity index (χ1n) is 8.74. The standard InChI is InChI=1S/C19H22N2O4S2/c1-15-11-13-17(14-12-15)27(24,25)21-20-18-9-5-6-10-19(18)26(22,23)16-7-3-2-4-8-16/h2-4,7-8,11-14,19,21H,5-6,9-10H2,1H3/t19-/m1/s1. The summed E-state index contributed by atoms with van der Waals surface area (Å²) in [5, 5.41) is 3.22. The first kappa shape index (κ1) is 19.6. The average molecular weight is 407 g/mol. The lowest BCUT2D eigenvalue weighted by Crippen LogP contribution is -2.35. The Bertz CT molecular complexity index is 1030. The van der Waals surface area contributed by atoms with Crippen LogP contribution in [0.3, 0.4) is 0 Å². The van der Waals surface area contributed by atoms with E-state index in [1.165, 1.54) is 12.1 Å². The van der Waals surface area contributed by atoms with Crippen molar-refractivity contribution in [2.24, 2.45) is 5.10 Å². The zero-order valence-corrected chi connectivity index (χ0v) is 16.6. The molecule has 0 heterocycles. The highest BCUT2D eigenvalue weighted by molar-refractivity contribution is 7.93. The van der Waals surface area contributed by atoms with E-state index in [0.717, 1.165) is 18.4 Å². The van der Waals surface area contributed by atoms with Crippen molar-refractivity contribution in [1.82, 2.24) is 4.83 Å². The molecule has 1 N–H and O–H groups in total. The van der Waals surface area contributed by atoms with Crippen LogP contribution in [0.25, 0.3) is 0 Å². The second kappa shape index (κ2) is 7.82. The lowest BCUT2D eigenvalue weighted by molar-refractivity contribution is 0.568. The molecular formula is C19H22N2O4S2. The number of aryl methyl sites for hydroxylation is 1. The van der Waals surface area contributed by atoms with Crippen molar-refractivity contribution < 1.29 is 16.8 Å². The molecule has 0 unspecified atom stereocenters. The van der Waals surface area contributed by atoms with Gasteiger partial charge in [-0.05, 0) is 50.5 Å². The Morgan fingerprint density at radius 2 is 1.56 bits per heavy atom. The lowest BCUT2D eigenvalue weighted by Gasteiger charge is -2.24. The van der Waals surface area contributed by atoms with Gasteiger partial charge in [-0.3, -0.25) is 0 Å². The van der Waals surface area contributed by atoms with Crippen LogP contribution in [0.1, 0.15) is 31.2 Å². The van der Waals surface area contributed by atoms with Crippen molar-refractivity contribution in [2.45, 2.75) is 47.6 Å². The molecular weight excluding hydrogens is 384 g/mol. The van der Waals surface area contributed by atoms with Crippen molar-refractivity contribution in [3.8, 4) is 0 Å². The molecule has 1 aliphatic rings. The van der Waals surface area contributed by atoms with Gasteiger partial charge in [0, 0.05) is 0 Å². The molecule has 3 rings (SSSR count). The number of hydrogen-bond acceptors (Lipinski definition) is 5. The van der Waals surface area contributed by atoms with Crippen molar-refractivity contribution in [3.63, 3.8) is 0 Å². The van der Waals surface area contributed by atoms with Gasteiger partial charge in [-0.25, -0.2) is 13.2 Å². The van der Waals surface area contributed by atoms with E-state index >= 15 is 0 Å². The number of rotatable bonds is 5. The molecule has 0 saturated heterocycles. The SMILES string of the molecule is Cc1ccc(S(=O)(=O)NN=C2CCCC[C@H]2S(=O)(=O)c2ccccc2)cc1. The molecule has 0 bridgehead atoms. The smallest absolute Gasteiger partial charge is 0.223 e. The quantitative estimate of drug-likeness (QED) is 0.773. The normalized spacial score (nSPS) is 19.7. The number of hydrogen-bond donors (Lipinski definition) is 1. The molecule has 0 radical (unpaired) electrons. The minimum Gasteiger partial charge on any atom is -0.223 e. The van der Waals surface area contributed by atoms with Crippen LogP contribution in [0, 0.1) is 6.92 Å². The summed E-state index contributed by atoms with van der Waals surface area (Å²) < 4.78 is 50.8. The molecule has 144 valence electrons. The Balaban J connectivity index is 1.88. The summed E-state index contributed by atoms with van der Waals surface area (Å²) in [6.07, 6.45) is 2.43. The van der Waals surface area contributed by atoms with E-state index in [2.05, 4.69) is 9.93 Å². The van der Waals surface area contributed by atoms with Gasteiger partial charge in [0.05, 0.1) is 15.5 Å². The van der Waals surface area contributed by atoms with Crippen molar-refractivity contribution in [2.75, 3.05) is 0 Å². The molecule has 0 aromatic heterocycles. The highest BCUT2D eigenvalue weighted by Gasteiger charge is 2.34. The van der Waals surface area contributed by atoms with E-state index in [9.17, 15) is 16.8 Å². The van der Waals surface area contributed by atoms with E-state index in [1.807, 2.05) is 6.92 Å². The minimum absolute atomic E-state index is 0.0933. The first-order valence-corrected chi connectivity index (χ1v) is 11.8. The fraction of sp³-hybridized carbons (Fsp3) is 0.316. The number of benzene rings is 2. The molecule has 8 heteroatoms. The fourth-order valence-corrected chi connectivity index (χ4v) is 5.80. The Morgan fingerprint density at radius 3 is 2.22 bits per heavy atom. The second-order valence-corrected chi connectivity index (χ2v) is 10.4. The van der Waals surface area contributed by atoms with Gasteiger partial charge in [0.25, 0.3) is 10.0 Å². The summed E-state index contributed by atoms with van der Waals surface area (Å²) in [6, 6.07) is 14.6. The van der Waals surface area contributed by atoms with Crippen LogP contribution in [0.2, 0.25) is 0 Å². The Hall–Kier alpha value is -2.19. The predicted octanol–water partition coefficient (Wildman–Crippen LogP) is 3.05. The number of nitrogens with zero attached hydrogens (tertiary/aromatic N) is 1. The van der Waals surface area contributed by atoms with E-state index < -0.39 is 25.1 Å². The van der Waals surface area contributed by atoms with Crippen molar-refractivity contribution >= 4 is 25.6 Å². The van der Waals surface area contributed by atoms with Crippen LogP contribution < -0.4 is 4.83 Å². The third kappa shape index (κ3) is 4.39. The third-order valence-corrected chi connectivity index (χ3v) is 8.02. The number of nitrogens with one attached hydrogen (secondary N) is 1. The molecule has 6 nitrogen and oxygen atoms in total. The average Bonchev–Trinajstić information content (AvgIpc) is 2.68. The highest BCUT2D eigenvalue weighted by Crippen LogP contribution is 2.27. The molecule has 0 spiro atoms. The van der Waals surface area contributed by atoms with Gasteiger partial charge >= 0.3 is 0 Å². The summed E-state index contributed by atoms with van der Waals surface area (Å²) in [6.45, 7) is 1.87.